The Balaban J connectivity index is 2.77. The van der Waals surface area contributed by atoms with Gasteiger partial charge < -0.3 is 0 Å². The van der Waals surface area contributed by atoms with Gasteiger partial charge in [-0.2, -0.15) is 0 Å². The molecule has 0 saturated heterocycles. The van der Waals surface area contributed by atoms with Crippen molar-refractivity contribution >= 4 is 22.0 Å². The van der Waals surface area contributed by atoms with Crippen LogP contribution in [0.25, 0.3) is 0 Å². The SMILES string of the molecule is CCC[CH2][Sn]([CH3])([CH2]CCC)[c]1ccccc1. The summed E-state index contributed by atoms with van der Waals surface area (Å²) in [7, 11) is 0. The van der Waals surface area contributed by atoms with Crippen LogP contribution in [0.3, 0.4) is 0 Å². The average molecular weight is 325 g/mol. The van der Waals surface area contributed by atoms with Crippen LogP contribution in [0.15, 0.2) is 30.3 Å². The molecule has 0 heterocycles. The van der Waals surface area contributed by atoms with Crippen molar-refractivity contribution in [2.24, 2.45) is 0 Å². The second kappa shape index (κ2) is 7.37. The molecule has 0 aliphatic carbocycles. The second-order valence-electron chi connectivity index (χ2n) is 5.13. The van der Waals surface area contributed by atoms with Gasteiger partial charge in [0.1, 0.15) is 0 Å². The van der Waals surface area contributed by atoms with Gasteiger partial charge in [0.05, 0.1) is 0 Å². The molecule has 1 rings (SSSR count). The third-order valence-corrected chi connectivity index (χ3v) is 16.9. The molecule has 0 spiro atoms. The van der Waals surface area contributed by atoms with E-state index in [0.29, 0.717) is 0 Å². The van der Waals surface area contributed by atoms with Gasteiger partial charge in [-0.25, -0.2) is 0 Å². The average Bonchev–Trinajstić information content (AvgIpc) is 2.35. The van der Waals surface area contributed by atoms with E-state index in [1.165, 1.54) is 34.6 Å². The molecule has 0 radical (unpaired) electrons. The zero-order chi connectivity index (χ0) is 11.9. The predicted molar refractivity (Wildman–Crippen MR) is 77.1 cm³/mol. The molecule has 1 heteroatoms. The fourth-order valence-corrected chi connectivity index (χ4v) is 14.1. The quantitative estimate of drug-likeness (QED) is 0.644. The van der Waals surface area contributed by atoms with Crippen LogP contribution in [0.1, 0.15) is 39.5 Å². The minimum absolute atomic E-state index is 1.35. The third-order valence-electron chi connectivity index (χ3n) is 3.63. The molecule has 1 aromatic carbocycles. The Hall–Kier alpha value is 0.0187. The number of hydrogen-bond acceptors (Lipinski definition) is 0. The number of hydrogen-bond donors (Lipinski definition) is 0. The van der Waals surface area contributed by atoms with Crippen LogP contribution in [0.2, 0.25) is 13.8 Å². The molecule has 0 saturated carbocycles. The Labute approximate surface area is 105 Å². The van der Waals surface area contributed by atoms with Gasteiger partial charge in [-0.1, -0.05) is 0 Å². The molecule has 0 fully saturated rings. The summed E-state index contributed by atoms with van der Waals surface area (Å²) >= 11 is -1.97. The van der Waals surface area contributed by atoms with E-state index in [-0.39, 0.29) is 0 Å². The van der Waals surface area contributed by atoms with E-state index >= 15 is 0 Å². The van der Waals surface area contributed by atoms with Crippen molar-refractivity contribution in [3.8, 4) is 0 Å². The molecule has 0 bridgehead atoms. The van der Waals surface area contributed by atoms with Crippen LogP contribution in [0.5, 0.6) is 0 Å². The Morgan fingerprint density at radius 3 is 1.81 bits per heavy atom. The van der Waals surface area contributed by atoms with Crippen molar-refractivity contribution in [1.82, 2.24) is 0 Å². The number of unbranched alkanes of at least 4 members (excludes halogenated alkanes) is 2. The first-order valence-corrected chi connectivity index (χ1v) is 15.1. The standard InChI is InChI=1S/C6H5.2C4H9.CH3.Sn/c1-2-4-6-5-3-1;2*1-3-4-2;;/h1-5H;2*1,3-4H2,2H3;1H3;. The van der Waals surface area contributed by atoms with Crippen molar-refractivity contribution in [1.29, 1.82) is 0 Å². The van der Waals surface area contributed by atoms with Crippen LogP contribution in [-0.4, -0.2) is 18.4 Å². The summed E-state index contributed by atoms with van der Waals surface area (Å²) < 4.78 is 4.81. The molecule has 0 unspecified atom stereocenters. The molecule has 0 N–H and O–H groups in total. The fourth-order valence-electron chi connectivity index (χ4n) is 2.39. The van der Waals surface area contributed by atoms with Gasteiger partial charge in [-0.05, 0) is 0 Å². The molecular formula is C15H26Sn. The zero-order valence-corrected chi connectivity index (χ0v) is 14.0. The second-order valence-corrected chi connectivity index (χ2v) is 18.5. The van der Waals surface area contributed by atoms with Gasteiger partial charge in [0.15, 0.2) is 0 Å². The molecule has 16 heavy (non-hydrogen) atoms. The first-order chi connectivity index (χ1) is 7.73. The van der Waals surface area contributed by atoms with Crippen molar-refractivity contribution in [3.05, 3.63) is 30.3 Å². The van der Waals surface area contributed by atoms with Crippen molar-refractivity contribution in [2.45, 2.75) is 53.3 Å². The van der Waals surface area contributed by atoms with Crippen molar-refractivity contribution < 1.29 is 0 Å². The molecular weight excluding hydrogens is 299 g/mol. The van der Waals surface area contributed by atoms with E-state index in [4.69, 9.17) is 0 Å². The Morgan fingerprint density at radius 1 is 0.875 bits per heavy atom. The molecule has 0 aliphatic rings. The normalized spacial score (nSPS) is 11.7. The van der Waals surface area contributed by atoms with Crippen LogP contribution < -0.4 is 3.58 Å². The molecule has 0 aromatic heterocycles. The molecule has 1 aromatic rings. The summed E-state index contributed by atoms with van der Waals surface area (Å²) in [6, 6.07) is 11.4. The molecule has 0 aliphatic heterocycles. The predicted octanol–water partition coefficient (Wildman–Crippen LogP) is 4.57. The van der Waals surface area contributed by atoms with E-state index < -0.39 is 18.4 Å². The first-order valence-electron chi connectivity index (χ1n) is 6.78. The van der Waals surface area contributed by atoms with Crippen LogP contribution in [0.4, 0.5) is 0 Å². The first kappa shape index (κ1) is 14.1. The molecule has 0 amide bonds. The summed E-state index contributed by atoms with van der Waals surface area (Å²) in [6.07, 6.45) is 5.58. The van der Waals surface area contributed by atoms with Crippen molar-refractivity contribution in [3.63, 3.8) is 0 Å². The van der Waals surface area contributed by atoms with Gasteiger partial charge in [0, 0.05) is 0 Å². The fraction of sp³-hybridized carbons (Fsp3) is 0.600. The van der Waals surface area contributed by atoms with Gasteiger partial charge in [0.25, 0.3) is 0 Å². The monoisotopic (exact) mass is 326 g/mol. The van der Waals surface area contributed by atoms with Crippen molar-refractivity contribution in [2.75, 3.05) is 0 Å². The van der Waals surface area contributed by atoms with E-state index in [9.17, 15) is 0 Å². The van der Waals surface area contributed by atoms with Gasteiger partial charge in [0.2, 0.25) is 0 Å². The topological polar surface area (TPSA) is 0 Å². The molecule has 90 valence electrons. The van der Waals surface area contributed by atoms with Gasteiger partial charge in [-0.15, -0.1) is 0 Å². The number of benzene rings is 1. The summed E-state index contributed by atoms with van der Waals surface area (Å²) in [6.45, 7) is 4.63. The number of rotatable bonds is 7. The summed E-state index contributed by atoms with van der Waals surface area (Å²) in [5, 5.41) is 0. The summed E-state index contributed by atoms with van der Waals surface area (Å²) in [5.74, 6) is 0. The third kappa shape index (κ3) is 4.12. The maximum absolute atomic E-state index is 2.65. The summed E-state index contributed by atoms with van der Waals surface area (Å²) in [4.78, 5) is 2.65. The maximum atomic E-state index is 2.65. The summed E-state index contributed by atoms with van der Waals surface area (Å²) in [5.41, 5.74) is 0. The van der Waals surface area contributed by atoms with E-state index in [2.05, 4.69) is 49.1 Å². The van der Waals surface area contributed by atoms with Gasteiger partial charge >= 0.3 is 106 Å². The Bertz CT molecular complexity index is 271. The molecule has 0 nitrogen and oxygen atoms in total. The minimum atomic E-state index is -1.97. The zero-order valence-electron chi connectivity index (χ0n) is 11.1. The molecule has 0 atom stereocenters. The van der Waals surface area contributed by atoms with E-state index in [1.807, 2.05) is 0 Å². The Morgan fingerprint density at radius 2 is 1.38 bits per heavy atom. The van der Waals surface area contributed by atoms with E-state index in [0.717, 1.165) is 0 Å². The van der Waals surface area contributed by atoms with Crippen LogP contribution in [0, 0.1) is 0 Å². The van der Waals surface area contributed by atoms with E-state index in [1.54, 1.807) is 3.58 Å². The van der Waals surface area contributed by atoms with Crippen LogP contribution in [-0.2, 0) is 0 Å². The Kier molecular flexibility index (Phi) is 6.48. The van der Waals surface area contributed by atoms with Crippen LogP contribution >= 0.6 is 0 Å². The van der Waals surface area contributed by atoms with Gasteiger partial charge in [-0.3, -0.25) is 0 Å².